The molecule has 1 saturated heterocycles. The number of fused-ring (bicyclic) bond motifs is 1. The minimum atomic E-state index is -0.213. The topological polar surface area (TPSA) is 84.3 Å². The SMILES string of the molecule is COCCN1C(=O)Cc2c(C)nc(C3(C)CCCN(c4ccnc(C)n4)C3)nc21. The van der Waals surface area contributed by atoms with Gasteiger partial charge in [-0.3, -0.25) is 9.69 Å². The molecule has 8 nitrogen and oxygen atoms in total. The van der Waals surface area contributed by atoms with E-state index in [9.17, 15) is 4.79 Å². The number of aryl methyl sites for hydroxylation is 2. The Morgan fingerprint density at radius 3 is 2.83 bits per heavy atom. The van der Waals surface area contributed by atoms with Gasteiger partial charge in [-0.25, -0.2) is 19.9 Å². The van der Waals surface area contributed by atoms with E-state index in [-0.39, 0.29) is 11.3 Å². The lowest BCUT2D eigenvalue weighted by Crippen LogP contribution is -2.46. The van der Waals surface area contributed by atoms with Gasteiger partial charge in [0.05, 0.1) is 19.6 Å². The molecule has 29 heavy (non-hydrogen) atoms. The van der Waals surface area contributed by atoms with Gasteiger partial charge in [0.25, 0.3) is 0 Å². The van der Waals surface area contributed by atoms with E-state index in [0.29, 0.717) is 19.6 Å². The van der Waals surface area contributed by atoms with E-state index in [2.05, 4.69) is 21.8 Å². The van der Waals surface area contributed by atoms with Gasteiger partial charge in [0, 0.05) is 43.1 Å². The van der Waals surface area contributed by atoms with Crippen LogP contribution in [0.25, 0.3) is 0 Å². The highest BCUT2D eigenvalue weighted by molar-refractivity contribution is 6.00. The van der Waals surface area contributed by atoms with E-state index < -0.39 is 0 Å². The van der Waals surface area contributed by atoms with Crippen LogP contribution >= 0.6 is 0 Å². The van der Waals surface area contributed by atoms with Crippen LogP contribution in [0.3, 0.4) is 0 Å². The van der Waals surface area contributed by atoms with Crippen LogP contribution in [0.1, 0.15) is 42.7 Å². The van der Waals surface area contributed by atoms with Crippen LogP contribution < -0.4 is 9.80 Å². The zero-order valence-electron chi connectivity index (χ0n) is 17.6. The normalized spacial score (nSPS) is 21.6. The number of piperidine rings is 1. The van der Waals surface area contributed by atoms with Crippen LogP contribution in [0.5, 0.6) is 0 Å². The molecule has 0 bridgehead atoms. The van der Waals surface area contributed by atoms with Crippen LogP contribution in [0, 0.1) is 13.8 Å². The number of carbonyl (C=O) groups is 1. The van der Waals surface area contributed by atoms with Crippen molar-refractivity contribution in [2.24, 2.45) is 0 Å². The molecule has 0 spiro atoms. The minimum Gasteiger partial charge on any atom is -0.383 e. The first-order valence-corrected chi connectivity index (χ1v) is 10.1. The van der Waals surface area contributed by atoms with Gasteiger partial charge in [-0.1, -0.05) is 6.92 Å². The highest BCUT2D eigenvalue weighted by atomic mass is 16.5. The summed E-state index contributed by atoms with van der Waals surface area (Å²) < 4.78 is 5.18. The Balaban J connectivity index is 1.66. The number of hydrogen-bond acceptors (Lipinski definition) is 7. The summed E-state index contributed by atoms with van der Waals surface area (Å²) in [6.07, 6.45) is 4.20. The molecular weight excluding hydrogens is 368 g/mol. The Morgan fingerprint density at radius 1 is 1.24 bits per heavy atom. The number of methoxy groups -OCH3 is 1. The average Bonchev–Trinajstić information content (AvgIpc) is 3.02. The van der Waals surface area contributed by atoms with E-state index in [1.165, 1.54) is 0 Å². The quantitative estimate of drug-likeness (QED) is 0.764. The summed E-state index contributed by atoms with van der Waals surface area (Å²) in [5.41, 5.74) is 1.63. The van der Waals surface area contributed by atoms with Gasteiger partial charge in [-0.05, 0) is 32.8 Å². The predicted molar refractivity (Wildman–Crippen MR) is 110 cm³/mol. The van der Waals surface area contributed by atoms with Crippen molar-refractivity contribution in [2.45, 2.75) is 45.4 Å². The average molecular weight is 396 g/mol. The second kappa shape index (κ2) is 7.67. The highest BCUT2D eigenvalue weighted by Crippen LogP contribution is 2.37. The Morgan fingerprint density at radius 2 is 2.07 bits per heavy atom. The summed E-state index contributed by atoms with van der Waals surface area (Å²) in [6, 6.07) is 1.96. The Labute approximate surface area is 171 Å². The van der Waals surface area contributed by atoms with E-state index in [4.69, 9.17) is 14.7 Å². The number of nitrogens with zero attached hydrogens (tertiary/aromatic N) is 6. The second-order valence-corrected chi connectivity index (χ2v) is 8.20. The maximum atomic E-state index is 12.5. The summed E-state index contributed by atoms with van der Waals surface area (Å²) in [6.45, 7) is 8.84. The van der Waals surface area contributed by atoms with Crippen molar-refractivity contribution in [1.82, 2.24) is 19.9 Å². The van der Waals surface area contributed by atoms with Gasteiger partial charge >= 0.3 is 0 Å². The summed E-state index contributed by atoms with van der Waals surface area (Å²) in [5.74, 6) is 3.34. The molecule has 0 aromatic carbocycles. The van der Waals surface area contributed by atoms with Gasteiger partial charge < -0.3 is 9.64 Å². The lowest BCUT2D eigenvalue weighted by Gasteiger charge is -2.40. The van der Waals surface area contributed by atoms with E-state index in [0.717, 1.165) is 60.5 Å². The third-order valence-electron chi connectivity index (χ3n) is 5.92. The zero-order valence-corrected chi connectivity index (χ0v) is 17.6. The number of anilines is 2. The molecule has 0 radical (unpaired) electrons. The fourth-order valence-electron chi connectivity index (χ4n) is 4.30. The Bertz CT molecular complexity index is 933. The van der Waals surface area contributed by atoms with Crippen molar-refractivity contribution in [1.29, 1.82) is 0 Å². The molecule has 8 heteroatoms. The number of hydrogen-bond donors (Lipinski definition) is 0. The molecule has 2 aromatic heterocycles. The number of carbonyl (C=O) groups excluding carboxylic acids is 1. The van der Waals surface area contributed by atoms with E-state index >= 15 is 0 Å². The van der Waals surface area contributed by atoms with Crippen LogP contribution in [-0.2, 0) is 21.4 Å². The summed E-state index contributed by atoms with van der Waals surface area (Å²) >= 11 is 0. The smallest absolute Gasteiger partial charge is 0.232 e. The fraction of sp³-hybridized carbons (Fsp3) is 0.571. The van der Waals surface area contributed by atoms with Crippen LogP contribution in [0.15, 0.2) is 12.3 Å². The van der Waals surface area contributed by atoms with Crippen LogP contribution in [0.4, 0.5) is 11.6 Å². The summed E-state index contributed by atoms with van der Waals surface area (Å²) in [7, 11) is 1.64. The third-order valence-corrected chi connectivity index (χ3v) is 5.92. The summed E-state index contributed by atoms with van der Waals surface area (Å²) in [5, 5.41) is 0. The Hall–Kier alpha value is -2.61. The van der Waals surface area contributed by atoms with E-state index in [1.807, 2.05) is 19.9 Å². The molecule has 1 amide bonds. The van der Waals surface area contributed by atoms with Crippen LogP contribution in [0.2, 0.25) is 0 Å². The lowest BCUT2D eigenvalue weighted by molar-refractivity contribution is -0.117. The number of rotatable bonds is 5. The van der Waals surface area contributed by atoms with Crippen molar-refractivity contribution in [3.8, 4) is 0 Å². The Kier molecular flexibility index (Phi) is 5.21. The van der Waals surface area contributed by atoms with Crippen molar-refractivity contribution in [2.75, 3.05) is 43.2 Å². The standard InChI is InChI=1S/C21H28N6O2/c1-14-16-12-18(28)27(10-11-29-4)19(16)25-20(23-14)21(3)7-5-9-26(13-21)17-6-8-22-15(2)24-17/h6,8H,5,7,9-13H2,1-4H3. The molecule has 2 aliphatic rings. The molecule has 4 rings (SSSR count). The number of ether oxygens (including phenoxy) is 1. The van der Waals surface area contributed by atoms with Crippen molar-refractivity contribution < 1.29 is 9.53 Å². The number of amides is 1. The van der Waals surface area contributed by atoms with Crippen LogP contribution in [-0.4, -0.2) is 59.2 Å². The van der Waals surface area contributed by atoms with Crippen molar-refractivity contribution in [3.05, 3.63) is 35.2 Å². The van der Waals surface area contributed by atoms with E-state index in [1.54, 1.807) is 18.2 Å². The van der Waals surface area contributed by atoms with Gasteiger partial charge in [0.15, 0.2) is 0 Å². The van der Waals surface area contributed by atoms with Crippen molar-refractivity contribution in [3.63, 3.8) is 0 Å². The molecule has 2 aromatic rings. The van der Waals surface area contributed by atoms with Gasteiger partial charge in [-0.2, -0.15) is 0 Å². The molecular formula is C21H28N6O2. The maximum absolute atomic E-state index is 12.5. The predicted octanol–water partition coefficient (Wildman–Crippen LogP) is 1.98. The maximum Gasteiger partial charge on any atom is 0.232 e. The lowest BCUT2D eigenvalue weighted by atomic mass is 9.80. The van der Waals surface area contributed by atoms with Crippen molar-refractivity contribution >= 4 is 17.5 Å². The first kappa shape index (κ1) is 19.7. The zero-order chi connectivity index (χ0) is 20.6. The molecule has 0 N–H and O–H groups in total. The molecule has 1 atom stereocenters. The fourth-order valence-corrected chi connectivity index (χ4v) is 4.30. The first-order valence-electron chi connectivity index (χ1n) is 10.1. The monoisotopic (exact) mass is 396 g/mol. The van der Waals surface area contributed by atoms with Gasteiger partial charge in [0.1, 0.15) is 23.3 Å². The molecule has 0 aliphatic carbocycles. The first-order chi connectivity index (χ1) is 13.9. The molecule has 2 aliphatic heterocycles. The molecule has 4 heterocycles. The molecule has 154 valence electrons. The molecule has 0 saturated carbocycles. The number of aromatic nitrogens is 4. The largest absolute Gasteiger partial charge is 0.383 e. The summed E-state index contributed by atoms with van der Waals surface area (Å²) in [4.78, 5) is 35.1. The molecule has 1 unspecified atom stereocenters. The minimum absolute atomic E-state index is 0.0680. The van der Waals surface area contributed by atoms with Gasteiger partial charge in [0.2, 0.25) is 5.91 Å². The van der Waals surface area contributed by atoms with Gasteiger partial charge in [-0.15, -0.1) is 0 Å². The highest BCUT2D eigenvalue weighted by Gasteiger charge is 2.39. The second-order valence-electron chi connectivity index (χ2n) is 8.20. The molecule has 1 fully saturated rings. The third kappa shape index (κ3) is 3.69.